The quantitative estimate of drug-likeness (QED) is 0.669. The standard InChI is InChI=1S/C22H20N2O3/c1-14-10-11-18-19(12-14)22(27)24(21(18)26)17-9-5-6-15(13-17)20(25)23-16-7-3-2-4-8-16/h2-10,13,18-19H,11-12H2,1H3,(H,23,25)/t18-,19+/m1/s1. The van der Waals surface area contributed by atoms with Gasteiger partial charge in [-0.1, -0.05) is 35.9 Å². The van der Waals surface area contributed by atoms with Crippen molar-refractivity contribution in [2.75, 3.05) is 10.2 Å². The molecule has 5 nitrogen and oxygen atoms in total. The van der Waals surface area contributed by atoms with Gasteiger partial charge in [-0.3, -0.25) is 19.3 Å². The minimum atomic E-state index is -0.289. The number of hydrogen-bond donors (Lipinski definition) is 1. The van der Waals surface area contributed by atoms with Crippen LogP contribution in [0.3, 0.4) is 0 Å². The molecule has 0 spiro atoms. The first-order chi connectivity index (χ1) is 13.0. The molecule has 0 aromatic heterocycles. The molecule has 0 saturated carbocycles. The fourth-order valence-electron chi connectivity index (χ4n) is 3.80. The average Bonchev–Trinajstić information content (AvgIpc) is 2.92. The van der Waals surface area contributed by atoms with Crippen molar-refractivity contribution in [2.24, 2.45) is 11.8 Å². The molecule has 1 fully saturated rings. The largest absolute Gasteiger partial charge is 0.322 e. The number of hydrogen-bond acceptors (Lipinski definition) is 3. The molecule has 5 heteroatoms. The van der Waals surface area contributed by atoms with Gasteiger partial charge in [0.15, 0.2) is 0 Å². The average molecular weight is 360 g/mol. The molecule has 1 aliphatic heterocycles. The Morgan fingerprint density at radius 3 is 2.52 bits per heavy atom. The van der Waals surface area contributed by atoms with Gasteiger partial charge in [0, 0.05) is 11.3 Å². The van der Waals surface area contributed by atoms with Crippen molar-refractivity contribution in [1.82, 2.24) is 0 Å². The van der Waals surface area contributed by atoms with Crippen LogP contribution in [-0.4, -0.2) is 17.7 Å². The Labute approximate surface area is 157 Å². The molecule has 1 N–H and O–H groups in total. The van der Waals surface area contributed by atoms with Gasteiger partial charge in [-0.05, 0) is 50.1 Å². The highest BCUT2D eigenvalue weighted by Crippen LogP contribution is 2.39. The van der Waals surface area contributed by atoms with Gasteiger partial charge in [0.25, 0.3) is 5.91 Å². The lowest BCUT2D eigenvalue weighted by atomic mass is 9.82. The molecule has 4 rings (SSSR count). The SMILES string of the molecule is CC1=CC[C@H]2C(=O)N(c3cccc(C(=O)Nc4ccccc4)c3)C(=O)[C@H]2C1. The van der Waals surface area contributed by atoms with Crippen LogP contribution in [0.25, 0.3) is 0 Å². The summed E-state index contributed by atoms with van der Waals surface area (Å²) in [5.74, 6) is -1.20. The van der Waals surface area contributed by atoms with E-state index >= 15 is 0 Å². The van der Waals surface area contributed by atoms with E-state index in [0.29, 0.717) is 29.8 Å². The molecule has 27 heavy (non-hydrogen) atoms. The first-order valence-corrected chi connectivity index (χ1v) is 9.04. The lowest BCUT2D eigenvalue weighted by molar-refractivity contribution is -0.122. The Morgan fingerprint density at radius 1 is 1.00 bits per heavy atom. The fourth-order valence-corrected chi connectivity index (χ4v) is 3.80. The molecule has 2 aliphatic rings. The van der Waals surface area contributed by atoms with Crippen LogP contribution < -0.4 is 10.2 Å². The highest BCUT2D eigenvalue weighted by molar-refractivity contribution is 6.22. The maximum atomic E-state index is 12.8. The van der Waals surface area contributed by atoms with Crippen molar-refractivity contribution in [3.8, 4) is 0 Å². The maximum Gasteiger partial charge on any atom is 0.255 e. The molecule has 2 aromatic rings. The van der Waals surface area contributed by atoms with E-state index in [0.717, 1.165) is 5.57 Å². The maximum absolute atomic E-state index is 12.8. The summed E-state index contributed by atoms with van der Waals surface area (Å²) in [5, 5.41) is 2.82. The van der Waals surface area contributed by atoms with Crippen LogP contribution in [0.2, 0.25) is 0 Å². The summed E-state index contributed by atoms with van der Waals surface area (Å²) in [4.78, 5) is 39.4. The van der Waals surface area contributed by atoms with Gasteiger partial charge in [-0.15, -0.1) is 0 Å². The summed E-state index contributed by atoms with van der Waals surface area (Å²) in [5.41, 5.74) is 2.70. The van der Waals surface area contributed by atoms with Gasteiger partial charge in [0.05, 0.1) is 17.5 Å². The minimum Gasteiger partial charge on any atom is -0.322 e. The third kappa shape index (κ3) is 3.16. The van der Waals surface area contributed by atoms with Crippen LogP contribution in [-0.2, 0) is 9.59 Å². The number of anilines is 2. The van der Waals surface area contributed by atoms with Gasteiger partial charge in [-0.2, -0.15) is 0 Å². The Kier molecular flexibility index (Phi) is 4.36. The minimum absolute atomic E-state index is 0.168. The number of imide groups is 1. The van der Waals surface area contributed by atoms with Crippen LogP contribution in [0.1, 0.15) is 30.1 Å². The molecule has 3 amide bonds. The number of benzene rings is 2. The highest BCUT2D eigenvalue weighted by Gasteiger charge is 2.48. The number of fused-ring (bicyclic) bond motifs is 1. The molecule has 0 bridgehead atoms. The number of nitrogens with zero attached hydrogens (tertiary/aromatic N) is 1. The van der Waals surface area contributed by atoms with Crippen molar-refractivity contribution in [1.29, 1.82) is 0 Å². The van der Waals surface area contributed by atoms with E-state index < -0.39 is 0 Å². The monoisotopic (exact) mass is 360 g/mol. The van der Waals surface area contributed by atoms with E-state index in [1.54, 1.807) is 36.4 Å². The third-order valence-corrected chi connectivity index (χ3v) is 5.22. The van der Waals surface area contributed by atoms with Gasteiger partial charge in [0.1, 0.15) is 0 Å². The molecule has 1 aliphatic carbocycles. The summed E-state index contributed by atoms with van der Waals surface area (Å²) in [7, 11) is 0. The summed E-state index contributed by atoms with van der Waals surface area (Å²) in [6.07, 6.45) is 3.27. The van der Waals surface area contributed by atoms with E-state index in [4.69, 9.17) is 0 Å². The van der Waals surface area contributed by atoms with E-state index in [2.05, 4.69) is 5.32 Å². The molecule has 2 aromatic carbocycles. The second-order valence-electron chi connectivity index (χ2n) is 7.09. The van der Waals surface area contributed by atoms with Crippen LogP contribution in [0, 0.1) is 11.8 Å². The van der Waals surface area contributed by atoms with Crippen molar-refractivity contribution in [2.45, 2.75) is 19.8 Å². The van der Waals surface area contributed by atoms with Crippen molar-refractivity contribution in [3.63, 3.8) is 0 Å². The first-order valence-electron chi connectivity index (χ1n) is 9.04. The van der Waals surface area contributed by atoms with E-state index in [-0.39, 0.29) is 29.6 Å². The van der Waals surface area contributed by atoms with Gasteiger partial charge in [0.2, 0.25) is 11.8 Å². The second-order valence-corrected chi connectivity index (χ2v) is 7.09. The molecule has 2 atom stereocenters. The van der Waals surface area contributed by atoms with Gasteiger partial charge in [-0.25, -0.2) is 0 Å². The zero-order chi connectivity index (χ0) is 19.0. The lowest BCUT2D eigenvalue weighted by Crippen LogP contribution is -2.31. The van der Waals surface area contributed by atoms with E-state index in [9.17, 15) is 14.4 Å². The predicted molar refractivity (Wildman–Crippen MR) is 103 cm³/mol. The topological polar surface area (TPSA) is 66.5 Å². The second kappa shape index (κ2) is 6.83. The number of nitrogens with one attached hydrogen (secondary N) is 1. The number of allylic oxidation sites excluding steroid dienone is 2. The Bertz CT molecular complexity index is 949. The van der Waals surface area contributed by atoms with Crippen LogP contribution in [0.5, 0.6) is 0 Å². The normalized spacial score (nSPS) is 21.7. The molecule has 1 saturated heterocycles. The van der Waals surface area contributed by atoms with Gasteiger partial charge >= 0.3 is 0 Å². The first kappa shape index (κ1) is 17.2. The number of rotatable bonds is 3. The number of amides is 3. The van der Waals surface area contributed by atoms with Crippen molar-refractivity contribution < 1.29 is 14.4 Å². The molecule has 136 valence electrons. The van der Waals surface area contributed by atoms with E-state index in [1.165, 1.54) is 4.90 Å². The summed E-state index contributed by atoms with van der Waals surface area (Å²) in [6, 6.07) is 15.8. The van der Waals surface area contributed by atoms with Crippen LogP contribution in [0.4, 0.5) is 11.4 Å². The zero-order valence-electron chi connectivity index (χ0n) is 15.0. The molecule has 0 radical (unpaired) electrons. The summed E-state index contributed by atoms with van der Waals surface area (Å²) < 4.78 is 0. The number of para-hydroxylation sites is 1. The fraction of sp³-hybridized carbons (Fsp3) is 0.227. The lowest BCUT2D eigenvalue weighted by Gasteiger charge is -2.18. The summed E-state index contributed by atoms with van der Waals surface area (Å²) >= 11 is 0. The van der Waals surface area contributed by atoms with Crippen LogP contribution in [0.15, 0.2) is 66.2 Å². The predicted octanol–water partition coefficient (Wildman–Crippen LogP) is 3.78. The third-order valence-electron chi connectivity index (χ3n) is 5.22. The Hall–Kier alpha value is -3.21. The van der Waals surface area contributed by atoms with Crippen molar-refractivity contribution in [3.05, 3.63) is 71.8 Å². The zero-order valence-corrected chi connectivity index (χ0v) is 15.0. The summed E-state index contributed by atoms with van der Waals surface area (Å²) in [6.45, 7) is 1.99. The smallest absolute Gasteiger partial charge is 0.255 e. The van der Waals surface area contributed by atoms with E-state index in [1.807, 2.05) is 31.2 Å². The highest BCUT2D eigenvalue weighted by atomic mass is 16.2. The molecular weight excluding hydrogens is 340 g/mol. The molecule has 1 heterocycles. The van der Waals surface area contributed by atoms with Gasteiger partial charge < -0.3 is 5.32 Å². The number of carbonyl (C=O) groups is 3. The Balaban J connectivity index is 1.59. The molecule has 0 unspecified atom stereocenters. The van der Waals surface area contributed by atoms with Crippen molar-refractivity contribution >= 4 is 29.1 Å². The molecular formula is C22H20N2O3. The Morgan fingerprint density at radius 2 is 1.74 bits per heavy atom. The number of carbonyl (C=O) groups excluding carboxylic acids is 3. The van der Waals surface area contributed by atoms with Crippen LogP contribution >= 0.6 is 0 Å².